The lowest BCUT2D eigenvalue weighted by atomic mass is 10.2. The molecule has 0 aliphatic rings. The van der Waals surface area contributed by atoms with Crippen molar-refractivity contribution in [3.05, 3.63) is 88.9 Å². The quantitative estimate of drug-likeness (QED) is 0.133. The van der Waals surface area contributed by atoms with Crippen LogP contribution in [0.1, 0.15) is 35.7 Å². The Labute approximate surface area is 203 Å². The van der Waals surface area contributed by atoms with Crippen LogP contribution >= 0.6 is 11.6 Å². The molecule has 0 fully saturated rings. The number of rotatable bonds is 11. The zero-order valence-corrected chi connectivity index (χ0v) is 19.5. The van der Waals surface area contributed by atoms with E-state index < -0.39 is 11.9 Å². The normalized spacial score (nSPS) is 10.6. The lowest BCUT2D eigenvalue weighted by Crippen LogP contribution is -2.24. The first-order valence-electron chi connectivity index (χ1n) is 10.8. The first-order valence-corrected chi connectivity index (χ1v) is 11.2. The molecule has 3 rings (SSSR count). The van der Waals surface area contributed by atoms with Crippen molar-refractivity contribution in [2.75, 3.05) is 13.2 Å². The molecule has 1 N–H and O–H groups in total. The molecule has 0 heterocycles. The van der Waals surface area contributed by atoms with Crippen molar-refractivity contribution in [3.8, 4) is 17.2 Å². The zero-order valence-electron chi connectivity index (χ0n) is 18.7. The topological polar surface area (TPSA) is 86.2 Å². The highest BCUT2D eigenvalue weighted by molar-refractivity contribution is 6.33. The summed E-state index contributed by atoms with van der Waals surface area (Å²) in [5.41, 5.74) is 3.40. The van der Waals surface area contributed by atoms with E-state index in [1.165, 1.54) is 6.21 Å². The van der Waals surface area contributed by atoms with Gasteiger partial charge >= 0.3 is 5.97 Å². The minimum Gasteiger partial charge on any atom is -0.494 e. The van der Waals surface area contributed by atoms with Crippen molar-refractivity contribution >= 4 is 29.7 Å². The summed E-state index contributed by atoms with van der Waals surface area (Å²) in [7, 11) is 0. The lowest BCUT2D eigenvalue weighted by Gasteiger charge is -2.08. The Bertz CT molecular complexity index is 1110. The molecular formula is C26H25ClN2O5. The van der Waals surface area contributed by atoms with Crippen LogP contribution in [0.4, 0.5) is 0 Å². The van der Waals surface area contributed by atoms with E-state index in [0.717, 1.165) is 18.6 Å². The highest BCUT2D eigenvalue weighted by atomic mass is 35.5. The van der Waals surface area contributed by atoms with Crippen molar-refractivity contribution in [1.29, 1.82) is 0 Å². The number of hydrazone groups is 1. The van der Waals surface area contributed by atoms with Crippen LogP contribution < -0.4 is 19.6 Å². The van der Waals surface area contributed by atoms with Crippen molar-refractivity contribution in [2.24, 2.45) is 5.10 Å². The minimum atomic E-state index is -0.544. The number of nitrogens with one attached hydrogen (secondary N) is 1. The third kappa shape index (κ3) is 7.94. The number of benzene rings is 3. The zero-order chi connectivity index (χ0) is 24.2. The van der Waals surface area contributed by atoms with Gasteiger partial charge in [0, 0.05) is 0 Å². The van der Waals surface area contributed by atoms with Crippen LogP contribution in [0.2, 0.25) is 5.02 Å². The average Bonchev–Trinajstić information content (AvgIpc) is 2.85. The largest absolute Gasteiger partial charge is 0.494 e. The summed E-state index contributed by atoms with van der Waals surface area (Å²) in [4.78, 5) is 24.1. The van der Waals surface area contributed by atoms with Gasteiger partial charge in [-0.1, -0.05) is 37.1 Å². The third-order valence-corrected chi connectivity index (χ3v) is 4.88. The minimum absolute atomic E-state index is 0.176. The van der Waals surface area contributed by atoms with Gasteiger partial charge in [0.25, 0.3) is 5.91 Å². The van der Waals surface area contributed by atoms with Crippen molar-refractivity contribution < 1.29 is 23.8 Å². The molecule has 0 radical (unpaired) electrons. The van der Waals surface area contributed by atoms with E-state index in [4.69, 9.17) is 25.8 Å². The van der Waals surface area contributed by atoms with Crippen LogP contribution in [0, 0.1) is 0 Å². The van der Waals surface area contributed by atoms with Gasteiger partial charge in [-0.2, -0.15) is 5.10 Å². The van der Waals surface area contributed by atoms with Gasteiger partial charge in [0.05, 0.1) is 23.4 Å². The summed E-state index contributed by atoms with van der Waals surface area (Å²) in [6, 6.07) is 20.4. The van der Waals surface area contributed by atoms with Crippen LogP contribution in [0.3, 0.4) is 0 Å². The molecule has 0 saturated carbocycles. The number of esters is 1. The second-order valence-corrected chi connectivity index (χ2v) is 7.60. The van der Waals surface area contributed by atoms with Gasteiger partial charge in [-0.05, 0) is 72.6 Å². The number of halogens is 1. The molecule has 8 heteroatoms. The molecule has 0 aromatic heterocycles. The monoisotopic (exact) mass is 480 g/mol. The average molecular weight is 481 g/mol. The molecule has 176 valence electrons. The molecule has 0 saturated heterocycles. The molecule has 0 unspecified atom stereocenters. The summed E-state index contributed by atoms with van der Waals surface area (Å²) < 4.78 is 16.4. The van der Waals surface area contributed by atoms with Gasteiger partial charge < -0.3 is 14.2 Å². The van der Waals surface area contributed by atoms with Gasteiger partial charge in [0.2, 0.25) is 0 Å². The molecule has 3 aromatic rings. The predicted octanol–water partition coefficient (Wildman–Crippen LogP) is 5.27. The van der Waals surface area contributed by atoms with E-state index in [1.807, 2.05) is 0 Å². The fraction of sp³-hybridized carbons (Fsp3) is 0.192. The summed E-state index contributed by atoms with van der Waals surface area (Å²) in [5, 5.41) is 4.23. The number of carbonyl (C=O) groups excluding carboxylic acids is 2. The number of hydrogen-bond donors (Lipinski definition) is 1. The summed E-state index contributed by atoms with van der Waals surface area (Å²) in [6.45, 7) is 2.60. The molecule has 0 aliphatic carbocycles. The van der Waals surface area contributed by atoms with Crippen LogP contribution in [-0.4, -0.2) is 31.3 Å². The summed E-state index contributed by atoms with van der Waals surface area (Å²) >= 11 is 6.01. The molecule has 3 aromatic carbocycles. The fourth-order valence-electron chi connectivity index (χ4n) is 2.74. The summed E-state index contributed by atoms with van der Waals surface area (Å²) in [6.07, 6.45) is 3.55. The first-order chi connectivity index (χ1) is 16.5. The highest BCUT2D eigenvalue weighted by Crippen LogP contribution is 2.19. The number of hydrogen-bond acceptors (Lipinski definition) is 6. The van der Waals surface area contributed by atoms with E-state index in [0.29, 0.717) is 28.7 Å². The molecule has 0 bridgehead atoms. The predicted molar refractivity (Wildman–Crippen MR) is 131 cm³/mol. The van der Waals surface area contributed by atoms with Gasteiger partial charge in [0.1, 0.15) is 17.2 Å². The van der Waals surface area contributed by atoms with E-state index >= 15 is 0 Å². The molecule has 0 atom stereocenters. The maximum absolute atomic E-state index is 12.2. The van der Waals surface area contributed by atoms with Crippen LogP contribution in [0.15, 0.2) is 77.9 Å². The van der Waals surface area contributed by atoms with E-state index in [2.05, 4.69) is 17.5 Å². The summed E-state index contributed by atoms with van der Waals surface area (Å²) in [5.74, 6) is 0.743. The van der Waals surface area contributed by atoms with E-state index in [1.54, 1.807) is 72.8 Å². The lowest BCUT2D eigenvalue weighted by molar-refractivity contribution is -0.123. The van der Waals surface area contributed by atoms with E-state index in [-0.39, 0.29) is 12.2 Å². The number of nitrogens with zero attached hydrogens (tertiary/aromatic N) is 1. The maximum atomic E-state index is 12.2. The Balaban J connectivity index is 1.41. The first kappa shape index (κ1) is 24.8. The Morgan fingerprint density at radius 2 is 1.56 bits per heavy atom. The van der Waals surface area contributed by atoms with Gasteiger partial charge in [-0.15, -0.1) is 0 Å². The Morgan fingerprint density at radius 3 is 2.24 bits per heavy atom. The number of amides is 1. The molecule has 0 aliphatic heterocycles. The molecule has 7 nitrogen and oxygen atoms in total. The van der Waals surface area contributed by atoms with Crippen LogP contribution in [0.25, 0.3) is 0 Å². The number of carbonyl (C=O) groups is 2. The Morgan fingerprint density at radius 1 is 0.912 bits per heavy atom. The Kier molecular flexibility index (Phi) is 9.49. The Hall–Kier alpha value is -3.84. The van der Waals surface area contributed by atoms with Crippen LogP contribution in [-0.2, 0) is 4.79 Å². The second kappa shape index (κ2) is 13.0. The maximum Gasteiger partial charge on any atom is 0.345 e. The molecule has 1 amide bonds. The SMILES string of the molecule is CCCCOc1ccc(OCC(=O)N/N=C\c2ccc(OC(=O)c3ccccc3Cl)cc2)cc1. The molecular weight excluding hydrogens is 456 g/mol. The molecule has 34 heavy (non-hydrogen) atoms. The number of ether oxygens (including phenoxy) is 3. The highest BCUT2D eigenvalue weighted by Gasteiger charge is 2.12. The van der Waals surface area contributed by atoms with Crippen LogP contribution in [0.5, 0.6) is 17.2 Å². The smallest absolute Gasteiger partial charge is 0.345 e. The standard InChI is InChI=1S/C26H25ClN2O5/c1-2-3-16-32-20-12-14-21(15-13-20)33-18-25(30)29-28-17-19-8-10-22(11-9-19)34-26(31)23-6-4-5-7-24(23)27/h4-15,17H,2-3,16,18H2,1H3,(H,29,30)/b28-17-. The van der Waals surface area contributed by atoms with E-state index in [9.17, 15) is 9.59 Å². The second-order valence-electron chi connectivity index (χ2n) is 7.19. The van der Waals surface area contributed by atoms with Crippen molar-refractivity contribution in [2.45, 2.75) is 19.8 Å². The van der Waals surface area contributed by atoms with Crippen molar-refractivity contribution in [3.63, 3.8) is 0 Å². The van der Waals surface area contributed by atoms with Gasteiger partial charge in [-0.3, -0.25) is 4.79 Å². The van der Waals surface area contributed by atoms with Gasteiger partial charge in [0.15, 0.2) is 6.61 Å². The third-order valence-electron chi connectivity index (χ3n) is 4.55. The number of unbranched alkanes of at least 4 members (excludes halogenated alkanes) is 1. The molecule has 0 spiro atoms. The van der Waals surface area contributed by atoms with Gasteiger partial charge in [-0.25, -0.2) is 10.2 Å². The van der Waals surface area contributed by atoms with Crippen molar-refractivity contribution in [1.82, 2.24) is 5.43 Å². The fourth-order valence-corrected chi connectivity index (χ4v) is 2.95.